The third kappa shape index (κ3) is 2.39. The van der Waals surface area contributed by atoms with Gasteiger partial charge in [0.05, 0.1) is 12.2 Å². The molecule has 0 saturated carbocycles. The van der Waals surface area contributed by atoms with Crippen LogP contribution in [0.5, 0.6) is 0 Å². The van der Waals surface area contributed by atoms with Gasteiger partial charge in [0, 0.05) is 20.0 Å². The van der Waals surface area contributed by atoms with Gasteiger partial charge < -0.3 is 10.0 Å². The van der Waals surface area contributed by atoms with E-state index in [-0.39, 0.29) is 24.8 Å². The van der Waals surface area contributed by atoms with Gasteiger partial charge in [0.15, 0.2) is 0 Å². The predicted octanol–water partition coefficient (Wildman–Crippen LogP) is 1.18. The third-order valence-corrected chi connectivity index (χ3v) is 3.60. The molecule has 7 heteroatoms. The molecule has 1 aliphatic rings. The zero-order chi connectivity index (χ0) is 15.1. The highest BCUT2D eigenvalue weighted by molar-refractivity contribution is 5.94. The molecular formula is C13H18FN3O3. The molecule has 6 nitrogen and oxygen atoms in total. The summed E-state index contributed by atoms with van der Waals surface area (Å²) in [6.07, 6.45) is -0.178. The van der Waals surface area contributed by atoms with Crippen LogP contribution in [0.2, 0.25) is 0 Å². The van der Waals surface area contributed by atoms with Crippen molar-refractivity contribution in [2.45, 2.75) is 31.9 Å². The van der Waals surface area contributed by atoms with Crippen LogP contribution in [0.3, 0.4) is 0 Å². The number of halogens is 1. The van der Waals surface area contributed by atoms with E-state index in [2.05, 4.69) is 5.10 Å². The van der Waals surface area contributed by atoms with E-state index >= 15 is 0 Å². The fourth-order valence-electron chi connectivity index (χ4n) is 2.25. The van der Waals surface area contributed by atoms with Crippen molar-refractivity contribution in [3.63, 3.8) is 0 Å². The summed E-state index contributed by atoms with van der Waals surface area (Å²) < 4.78 is 15.4. The fourth-order valence-corrected chi connectivity index (χ4v) is 2.25. The van der Waals surface area contributed by atoms with Crippen LogP contribution in [0.4, 0.5) is 4.39 Å². The summed E-state index contributed by atoms with van der Waals surface area (Å²) in [5, 5.41) is 13.1. The number of aryl methyl sites for hydroxylation is 1. The van der Waals surface area contributed by atoms with Crippen molar-refractivity contribution in [3.05, 3.63) is 17.5 Å². The molecule has 1 amide bonds. The number of carbonyl (C=O) groups is 2. The number of hydrogen-bond acceptors (Lipinski definition) is 3. The Bertz CT molecular complexity index is 555. The number of rotatable bonds is 3. The van der Waals surface area contributed by atoms with Gasteiger partial charge in [0.25, 0.3) is 5.91 Å². The van der Waals surface area contributed by atoms with Crippen molar-refractivity contribution in [2.75, 3.05) is 13.1 Å². The number of amides is 1. The lowest BCUT2D eigenvalue weighted by atomic mass is 10.1. The number of carboxylic acids is 1. The number of alkyl halides is 1. The molecule has 1 atom stereocenters. The van der Waals surface area contributed by atoms with Crippen molar-refractivity contribution in [3.8, 4) is 0 Å². The van der Waals surface area contributed by atoms with Crippen LogP contribution >= 0.6 is 0 Å². The first-order valence-electron chi connectivity index (χ1n) is 6.50. The van der Waals surface area contributed by atoms with Crippen LogP contribution in [-0.2, 0) is 11.8 Å². The summed E-state index contributed by atoms with van der Waals surface area (Å²) >= 11 is 0. The minimum Gasteiger partial charge on any atom is -0.479 e. The number of carbonyl (C=O) groups excluding carboxylic acids is 1. The third-order valence-electron chi connectivity index (χ3n) is 3.60. The molecule has 1 fully saturated rings. The molecule has 0 bridgehead atoms. The summed E-state index contributed by atoms with van der Waals surface area (Å²) in [6.45, 7) is 3.61. The zero-order valence-corrected chi connectivity index (χ0v) is 11.8. The first-order valence-corrected chi connectivity index (χ1v) is 6.50. The molecule has 0 aromatic carbocycles. The van der Waals surface area contributed by atoms with Gasteiger partial charge in [0.1, 0.15) is 5.69 Å². The molecule has 0 radical (unpaired) electrons. The van der Waals surface area contributed by atoms with Crippen molar-refractivity contribution < 1.29 is 19.1 Å². The number of likely N-dealkylation sites (tertiary alicyclic amines) is 1. The van der Waals surface area contributed by atoms with Crippen molar-refractivity contribution in [2.24, 2.45) is 7.05 Å². The average Bonchev–Trinajstić information content (AvgIpc) is 2.93. The average molecular weight is 283 g/mol. The highest BCUT2D eigenvalue weighted by atomic mass is 19.1. The molecule has 1 aromatic heterocycles. The van der Waals surface area contributed by atoms with Crippen molar-refractivity contribution in [1.82, 2.24) is 14.7 Å². The number of carboxylic acid groups (broad SMARTS) is 1. The lowest BCUT2D eigenvalue weighted by Crippen LogP contribution is -2.39. The lowest BCUT2D eigenvalue weighted by Gasteiger charge is -2.17. The van der Waals surface area contributed by atoms with E-state index in [1.165, 1.54) is 9.58 Å². The van der Waals surface area contributed by atoms with Crippen LogP contribution in [0, 0.1) is 0 Å². The van der Waals surface area contributed by atoms with Crippen LogP contribution in [0.25, 0.3) is 0 Å². The molecule has 2 rings (SSSR count). The molecule has 0 aliphatic carbocycles. The zero-order valence-electron chi connectivity index (χ0n) is 11.8. The van der Waals surface area contributed by atoms with Crippen LogP contribution in [-0.4, -0.2) is 50.4 Å². The van der Waals surface area contributed by atoms with Gasteiger partial charge in [-0.25, -0.2) is 9.18 Å². The molecule has 110 valence electrons. The van der Waals surface area contributed by atoms with E-state index in [1.54, 1.807) is 13.1 Å². The topological polar surface area (TPSA) is 75.4 Å². The maximum Gasteiger partial charge on any atom is 0.343 e. The second kappa shape index (κ2) is 4.88. The van der Waals surface area contributed by atoms with Crippen LogP contribution in [0.1, 0.15) is 42.4 Å². The van der Waals surface area contributed by atoms with Crippen LogP contribution < -0.4 is 0 Å². The molecule has 1 aliphatic heterocycles. The highest BCUT2D eigenvalue weighted by Gasteiger charge is 2.47. The van der Waals surface area contributed by atoms with Gasteiger partial charge >= 0.3 is 5.97 Å². The van der Waals surface area contributed by atoms with Gasteiger partial charge in [-0.15, -0.1) is 0 Å². The van der Waals surface area contributed by atoms with Gasteiger partial charge in [-0.2, -0.15) is 5.10 Å². The first kappa shape index (κ1) is 14.5. The molecule has 0 spiro atoms. The van der Waals surface area contributed by atoms with E-state index in [1.807, 2.05) is 13.8 Å². The summed E-state index contributed by atoms with van der Waals surface area (Å²) in [7, 11) is 1.65. The number of nitrogens with zero attached hydrogens (tertiary/aromatic N) is 3. The predicted molar refractivity (Wildman–Crippen MR) is 69.3 cm³/mol. The van der Waals surface area contributed by atoms with Crippen LogP contribution in [0.15, 0.2) is 6.07 Å². The van der Waals surface area contributed by atoms with E-state index in [0.717, 1.165) is 5.69 Å². The van der Waals surface area contributed by atoms with Gasteiger partial charge in [-0.05, 0) is 12.0 Å². The van der Waals surface area contributed by atoms with Gasteiger partial charge in [0.2, 0.25) is 5.67 Å². The largest absolute Gasteiger partial charge is 0.479 e. The molecule has 1 unspecified atom stereocenters. The molecule has 20 heavy (non-hydrogen) atoms. The van der Waals surface area contributed by atoms with E-state index in [9.17, 15) is 14.0 Å². The Balaban J connectivity index is 2.19. The smallest absolute Gasteiger partial charge is 0.343 e. The number of aromatic nitrogens is 2. The molecule has 1 saturated heterocycles. The summed E-state index contributed by atoms with van der Waals surface area (Å²) in [5.74, 6) is -1.71. The Labute approximate surface area is 116 Å². The molecular weight excluding hydrogens is 265 g/mol. The van der Waals surface area contributed by atoms with Crippen molar-refractivity contribution in [1.29, 1.82) is 0 Å². The van der Waals surface area contributed by atoms with E-state index in [4.69, 9.17) is 5.11 Å². The quantitative estimate of drug-likeness (QED) is 0.904. The Morgan fingerprint density at radius 2 is 2.15 bits per heavy atom. The van der Waals surface area contributed by atoms with E-state index < -0.39 is 18.2 Å². The maximum absolute atomic E-state index is 14.0. The highest BCUT2D eigenvalue weighted by Crippen LogP contribution is 2.27. The summed E-state index contributed by atoms with van der Waals surface area (Å²) in [4.78, 5) is 24.4. The second-order valence-corrected chi connectivity index (χ2v) is 5.48. The van der Waals surface area contributed by atoms with E-state index in [0.29, 0.717) is 5.69 Å². The number of aliphatic carboxylic acids is 1. The Morgan fingerprint density at radius 1 is 1.50 bits per heavy atom. The normalized spacial score (nSPS) is 22.6. The molecule has 2 heterocycles. The lowest BCUT2D eigenvalue weighted by molar-refractivity contribution is -0.149. The summed E-state index contributed by atoms with van der Waals surface area (Å²) in [5.41, 5.74) is -1.21. The van der Waals surface area contributed by atoms with Gasteiger partial charge in [-0.3, -0.25) is 9.48 Å². The standard InChI is InChI=1S/C13H18FN3O3/c1-8(2)9-6-10(16(3)15-9)11(18)17-5-4-13(14,7-17)12(19)20/h6,8H,4-5,7H2,1-3H3,(H,19,20). The second-order valence-electron chi connectivity index (χ2n) is 5.48. The van der Waals surface area contributed by atoms with Crippen molar-refractivity contribution >= 4 is 11.9 Å². The minimum absolute atomic E-state index is 0.101. The fraction of sp³-hybridized carbons (Fsp3) is 0.615. The molecule has 1 aromatic rings. The SMILES string of the molecule is CC(C)c1cc(C(=O)N2CCC(F)(C(=O)O)C2)n(C)n1. The first-order chi connectivity index (χ1) is 9.24. The minimum atomic E-state index is -2.34. The number of hydrogen-bond donors (Lipinski definition) is 1. The molecule has 1 N–H and O–H groups in total. The maximum atomic E-state index is 14.0. The summed E-state index contributed by atoms with van der Waals surface area (Å²) in [6, 6.07) is 1.67. The van der Waals surface area contributed by atoms with Gasteiger partial charge in [-0.1, -0.05) is 13.8 Å². The Morgan fingerprint density at radius 3 is 2.60 bits per heavy atom. The Kier molecular flexibility index (Phi) is 3.54. The Hall–Kier alpha value is -1.92. The monoisotopic (exact) mass is 283 g/mol.